The van der Waals surface area contributed by atoms with E-state index in [-0.39, 0.29) is 37.1 Å². The molecule has 0 saturated heterocycles. The van der Waals surface area contributed by atoms with Gasteiger partial charge < -0.3 is 23.7 Å². The highest BCUT2D eigenvalue weighted by molar-refractivity contribution is 5.98. The molecule has 1 aliphatic rings. The van der Waals surface area contributed by atoms with Gasteiger partial charge in [-0.25, -0.2) is 4.79 Å². The molecule has 0 fully saturated rings. The predicted molar refractivity (Wildman–Crippen MR) is 136 cm³/mol. The molecule has 1 atom stereocenters. The molecule has 36 heavy (non-hydrogen) atoms. The number of esters is 1. The maximum absolute atomic E-state index is 13.6. The highest BCUT2D eigenvalue weighted by atomic mass is 16.7. The van der Waals surface area contributed by atoms with Crippen LogP contribution in [-0.2, 0) is 25.4 Å². The number of hydrogen-bond donors (Lipinski definition) is 0. The quantitative estimate of drug-likeness (QED) is 0.190. The Balaban J connectivity index is 2.05. The average Bonchev–Trinajstić information content (AvgIpc) is 2.87. The molecule has 0 N–H and O–H groups in total. The van der Waals surface area contributed by atoms with Crippen LogP contribution in [0.15, 0.2) is 66.8 Å². The van der Waals surface area contributed by atoms with Gasteiger partial charge in [0, 0.05) is 32.1 Å². The summed E-state index contributed by atoms with van der Waals surface area (Å²) >= 11 is 0. The van der Waals surface area contributed by atoms with Gasteiger partial charge >= 0.3 is 5.97 Å². The molecule has 2 aromatic rings. The molecule has 0 amide bonds. The third kappa shape index (κ3) is 8.36. The largest absolute Gasteiger partial charge is 0.467 e. The Hall–Kier alpha value is -3.42. The Labute approximate surface area is 212 Å². The van der Waals surface area contributed by atoms with Crippen LogP contribution in [-0.4, -0.2) is 38.6 Å². The fourth-order valence-corrected chi connectivity index (χ4v) is 3.69. The number of benzene rings is 2. The molecule has 0 aliphatic carbocycles. The summed E-state index contributed by atoms with van der Waals surface area (Å²) in [6, 6.07) is 12.9. The second-order valence-corrected chi connectivity index (χ2v) is 8.10. The van der Waals surface area contributed by atoms with Gasteiger partial charge in [-0.2, -0.15) is 0 Å². The molecule has 7 heteroatoms. The fraction of sp³-hybridized carbons (Fsp3) is 0.379. The van der Waals surface area contributed by atoms with Crippen molar-refractivity contribution in [1.82, 2.24) is 0 Å². The number of rotatable bonds is 9. The number of carbonyl (C=O) groups excluding carboxylic acids is 2. The Morgan fingerprint density at radius 1 is 0.889 bits per heavy atom. The summed E-state index contributed by atoms with van der Waals surface area (Å²) in [4.78, 5) is 26.4. The topological polar surface area (TPSA) is 80.3 Å². The van der Waals surface area contributed by atoms with Crippen LogP contribution in [0.1, 0.15) is 60.7 Å². The van der Waals surface area contributed by atoms with Crippen LogP contribution in [0.2, 0.25) is 0 Å². The van der Waals surface area contributed by atoms with Gasteiger partial charge in [-0.15, -0.1) is 0 Å². The number of cyclic esters (lactones) is 1. The second-order valence-electron chi connectivity index (χ2n) is 8.10. The lowest BCUT2D eigenvalue weighted by Gasteiger charge is -2.21. The molecule has 0 spiro atoms. The summed E-state index contributed by atoms with van der Waals surface area (Å²) < 4.78 is 28.2. The van der Waals surface area contributed by atoms with E-state index in [0.29, 0.717) is 30.9 Å². The molecule has 2 aromatic carbocycles. The van der Waals surface area contributed by atoms with Gasteiger partial charge in [0.05, 0.1) is 0 Å². The van der Waals surface area contributed by atoms with Gasteiger partial charge in [0.15, 0.2) is 19.4 Å². The van der Waals surface area contributed by atoms with Gasteiger partial charge in [0.1, 0.15) is 23.2 Å². The summed E-state index contributed by atoms with van der Waals surface area (Å²) in [5, 5.41) is 0. The average molecular weight is 495 g/mol. The fourth-order valence-electron chi connectivity index (χ4n) is 3.69. The normalized spacial score (nSPS) is 16.7. The third-order valence-corrected chi connectivity index (χ3v) is 5.48. The molecule has 0 aromatic heterocycles. The molecule has 1 aliphatic heterocycles. The Kier molecular flexibility index (Phi) is 11.2. The van der Waals surface area contributed by atoms with Crippen molar-refractivity contribution < 1.29 is 33.3 Å². The van der Waals surface area contributed by atoms with Crippen molar-refractivity contribution in [2.45, 2.75) is 45.6 Å². The lowest BCUT2D eigenvalue weighted by Crippen LogP contribution is -2.17. The van der Waals surface area contributed by atoms with E-state index in [1.54, 1.807) is 18.2 Å². The molecule has 3 rings (SSSR count). The maximum Gasteiger partial charge on any atom is 0.342 e. The zero-order valence-corrected chi connectivity index (χ0v) is 20.9. The van der Waals surface area contributed by atoms with E-state index in [1.807, 2.05) is 62.4 Å². The van der Waals surface area contributed by atoms with Gasteiger partial charge in [-0.3, -0.25) is 4.79 Å². The highest BCUT2D eigenvalue weighted by Gasteiger charge is 2.26. The van der Waals surface area contributed by atoms with Crippen molar-refractivity contribution >= 4 is 11.8 Å². The molecule has 0 bridgehead atoms. The monoisotopic (exact) mass is 494 g/mol. The summed E-state index contributed by atoms with van der Waals surface area (Å²) in [5.41, 5.74) is 1.52. The number of hydrogen-bond acceptors (Lipinski definition) is 7. The zero-order valence-electron chi connectivity index (χ0n) is 20.9. The summed E-state index contributed by atoms with van der Waals surface area (Å²) in [6.07, 6.45) is 9.00. The summed E-state index contributed by atoms with van der Waals surface area (Å²) in [6.45, 7) is 4.61. The highest BCUT2D eigenvalue weighted by Crippen LogP contribution is 2.33. The number of allylic oxidation sites excluding steroid dienone is 3. The van der Waals surface area contributed by atoms with Crippen LogP contribution in [0.4, 0.5) is 0 Å². The molecule has 0 radical (unpaired) electrons. The standard InChI is InChI=1S/C29H34O7/c1-3-32-20-34-25-18-23-17-24(30)15-11-6-5-7-12-16-26(22-13-9-8-10-14-22)36-29(31)28(23)27(19-25)35-21-33-4-2/h7-15,18-19,26H,3-6,16-17,20-21H2,1-2H3/t26-/m0/s1. The van der Waals surface area contributed by atoms with Gasteiger partial charge in [0.25, 0.3) is 0 Å². The van der Waals surface area contributed by atoms with Crippen LogP contribution < -0.4 is 9.47 Å². The van der Waals surface area contributed by atoms with Crippen molar-refractivity contribution in [3.8, 4) is 11.5 Å². The van der Waals surface area contributed by atoms with Gasteiger partial charge in [-0.1, -0.05) is 48.6 Å². The maximum atomic E-state index is 13.6. The lowest BCUT2D eigenvalue weighted by molar-refractivity contribution is -0.114. The molecular weight excluding hydrogens is 460 g/mol. The molecule has 192 valence electrons. The minimum atomic E-state index is -0.580. The van der Waals surface area contributed by atoms with E-state index < -0.39 is 12.1 Å². The molecule has 7 nitrogen and oxygen atoms in total. The second kappa shape index (κ2) is 14.9. The minimum absolute atomic E-state index is 0.0103. The molecule has 0 unspecified atom stereocenters. The first-order valence-corrected chi connectivity index (χ1v) is 12.3. The minimum Gasteiger partial charge on any atom is -0.467 e. The summed E-state index contributed by atoms with van der Waals surface area (Å²) in [5.74, 6) is -0.0722. The van der Waals surface area contributed by atoms with Crippen molar-refractivity contribution in [3.63, 3.8) is 0 Å². The SMILES string of the molecule is CCOCOc1cc2c(c(OCOCC)c1)C(=O)O[C@H](c1ccccc1)CC=CCCC=CC(=O)C2. The van der Waals surface area contributed by atoms with E-state index in [9.17, 15) is 9.59 Å². The van der Waals surface area contributed by atoms with E-state index in [2.05, 4.69) is 0 Å². The number of fused-ring (bicyclic) bond motifs is 1. The first kappa shape index (κ1) is 27.2. The van der Waals surface area contributed by atoms with Crippen molar-refractivity contribution in [2.24, 2.45) is 0 Å². The first-order chi connectivity index (χ1) is 17.6. The number of ketones is 1. The Bertz CT molecular complexity index is 1040. The predicted octanol–water partition coefficient (Wildman–Crippen LogP) is 5.74. The number of carbonyl (C=O) groups is 2. The van der Waals surface area contributed by atoms with Crippen LogP contribution in [0.5, 0.6) is 11.5 Å². The van der Waals surface area contributed by atoms with E-state index >= 15 is 0 Å². The van der Waals surface area contributed by atoms with E-state index in [0.717, 1.165) is 18.4 Å². The number of ether oxygens (including phenoxy) is 5. The van der Waals surface area contributed by atoms with E-state index in [1.165, 1.54) is 0 Å². The Morgan fingerprint density at radius 2 is 1.61 bits per heavy atom. The lowest BCUT2D eigenvalue weighted by atomic mass is 9.99. The first-order valence-electron chi connectivity index (χ1n) is 12.3. The van der Waals surface area contributed by atoms with Gasteiger partial charge in [0.2, 0.25) is 0 Å². The zero-order chi connectivity index (χ0) is 25.6. The molecule has 0 saturated carbocycles. The van der Waals surface area contributed by atoms with Crippen molar-refractivity contribution in [2.75, 3.05) is 26.8 Å². The Morgan fingerprint density at radius 3 is 2.36 bits per heavy atom. The molecule has 1 heterocycles. The van der Waals surface area contributed by atoms with Crippen LogP contribution in [0.25, 0.3) is 0 Å². The van der Waals surface area contributed by atoms with Crippen molar-refractivity contribution in [3.05, 3.63) is 83.5 Å². The van der Waals surface area contributed by atoms with Crippen LogP contribution >= 0.6 is 0 Å². The smallest absolute Gasteiger partial charge is 0.342 e. The van der Waals surface area contributed by atoms with Crippen LogP contribution in [0.3, 0.4) is 0 Å². The molecular formula is C29H34O7. The summed E-state index contributed by atoms with van der Waals surface area (Å²) in [7, 11) is 0. The van der Waals surface area contributed by atoms with E-state index in [4.69, 9.17) is 23.7 Å². The van der Waals surface area contributed by atoms with Crippen molar-refractivity contribution in [1.29, 1.82) is 0 Å². The van der Waals surface area contributed by atoms with Crippen LogP contribution in [0, 0.1) is 0 Å². The third-order valence-electron chi connectivity index (χ3n) is 5.48. The van der Waals surface area contributed by atoms with Gasteiger partial charge in [-0.05, 0) is 50.0 Å².